The number of phenolic OH excluding ortho intramolecular Hbond substituents is 1. The van der Waals surface area contributed by atoms with Crippen molar-refractivity contribution >= 4 is 11.8 Å². The van der Waals surface area contributed by atoms with Crippen molar-refractivity contribution in [2.24, 2.45) is 0 Å². The van der Waals surface area contributed by atoms with Crippen LogP contribution in [0.3, 0.4) is 0 Å². The first-order valence-electron chi connectivity index (χ1n) is 7.22. The molecule has 1 N–H and O–H groups in total. The molecule has 0 unspecified atom stereocenters. The van der Waals surface area contributed by atoms with Crippen LogP contribution in [0, 0.1) is 0 Å². The van der Waals surface area contributed by atoms with Crippen LogP contribution in [-0.2, 0) is 16.1 Å². The van der Waals surface area contributed by atoms with Gasteiger partial charge in [0.1, 0.15) is 18.1 Å². The molecule has 0 heterocycles. The summed E-state index contributed by atoms with van der Waals surface area (Å²) in [6.07, 6.45) is 0.228. The second kappa shape index (κ2) is 7.45. The van der Waals surface area contributed by atoms with Crippen molar-refractivity contribution in [3.05, 3.63) is 59.2 Å². The molecule has 2 aromatic carbocycles. The summed E-state index contributed by atoms with van der Waals surface area (Å²) in [6, 6.07) is 11.7. The van der Waals surface area contributed by atoms with Gasteiger partial charge in [-0.05, 0) is 12.1 Å². The van der Waals surface area contributed by atoms with Crippen molar-refractivity contribution in [1.29, 1.82) is 0 Å². The van der Waals surface area contributed by atoms with Crippen molar-refractivity contribution in [3.8, 4) is 11.5 Å². The molecular formula is C18H18O5. The number of ketones is 1. The van der Waals surface area contributed by atoms with Crippen molar-refractivity contribution in [1.82, 2.24) is 0 Å². The van der Waals surface area contributed by atoms with E-state index in [2.05, 4.69) is 0 Å². The van der Waals surface area contributed by atoms with Gasteiger partial charge in [0.15, 0.2) is 5.78 Å². The summed E-state index contributed by atoms with van der Waals surface area (Å²) in [5, 5.41) is 10.4. The van der Waals surface area contributed by atoms with E-state index in [-0.39, 0.29) is 35.7 Å². The van der Waals surface area contributed by atoms with E-state index in [1.807, 2.05) is 0 Å². The Morgan fingerprint density at radius 3 is 2.39 bits per heavy atom. The molecule has 2 rings (SSSR count). The zero-order chi connectivity index (χ0) is 16.8. The number of aromatic hydroxyl groups is 1. The van der Waals surface area contributed by atoms with Crippen LogP contribution in [0.4, 0.5) is 0 Å². The highest BCUT2D eigenvalue weighted by Crippen LogP contribution is 2.33. The minimum atomic E-state index is -0.397. The minimum Gasteiger partial charge on any atom is -0.507 e. The van der Waals surface area contributed by atoms with Gasteiger partial charge in [0.25, 0.3) is 0 Å². The number of carbonyl (C=O) groups excluding carboxylic acids is 2. The Bertz CT molecular complexity index is 707. The maximum Gasteiger partial charge on any atom is 0.305 e. The van der Waals surface area contributed by atoms with Crippen molar-refractivity contribution in [2.75, 3.05) is 7.11 Å². The Morgan fingerprint density at radius 2 is 1.78 bits per heavy atom. The predicted octanol–water partition coefficient (Wildman–Crippen LogP) is 3.09. The lowest BCUT2D eigenvalue weighted by Gasteiger charge is -2.14. The summed E-state index contributed by atoms with van der Waals surface area (Å²) in [7, 11) is 1.44. The highest BCUT2D eigenvalue weighted by atomic mass is 16.5. The maximum atomic E-state index is 12.5. The zero-order valence-electron chi connectivity index (χ0n) is 13.0. The van der Waals surface area contributed by atoms with Gasteiger partial charge in [-0.15, -0.1) is 0 Å². The molecule has 0 aromatic heterocycles. The molecule has 120 valence electrons. The average Bonchev–Trinajstić information content (AvgIpc) is 2.60. The van der Waals surface area contributed by atoms with Gasteiger partial charge in [-0.3, -0.25) is 9.59 Å². The number of hydrogen-bond donors (Lipinski definition) is 1. The summed E-state index contributed by atoms with van der Waals surface area (Å²) in [5.41, 5.74) is 0.875. The number of hydrogen-bond acceptors (Lipinski definition) is 5. The Labute approximate surface area is 134 Å². The quantitative estimate of drug-likeness (QED) is 0.655. The van der Waals surface area contributed by atoms with E-state index < -0.39 is 5.97 Å². The second-order valence-electron chi connectivity index (χ2n) is 4.85. The molecule has 0 aliphatic heterocycles. The van der Waals surface area contributed by atoms with E-state index in [0.29, 0.717) is 11.3 Å². The van der Waals surface area contributed by atoms with Crippen LogP contribution in [0.25, 0.3) is 0 Å². The smallest absolute Gasteiger partial charge is 0.305 e. The lowest BCUT2D eigenvalue weighted by Crippen LogP contribution is -2.07. The van der Waals surface area contributed by atoms with Crippen LogP contribution < -0.4 is 4.74 Å². The summed E-state index contributed by atoms with van der Waals surface area (Å²) < 4.78 is 10.2. The summed E-state index contributed by atoms with van der Waals surface area (Å²) >= 11 is 0. The number of benzene rings is 2. The molecule has 0 fully saturated rings. The number of methoxy groups -OCH3 is 1. The second-order valence-corrected chi connectivity index (χ2v) is 4.85. The van der Waals surface area contributed by atoms with Gasteiger partial charge in [-0.25, -0.2) is 0 Å². The molecule has 5 heteroatoms. The third-order valence-corrected chi connectivity index (χ3v) is 3.41. The van der Waals surface area contributed by atoms with Gasteiger partial charge in [-0.2, -0.15) is 0 Å². The van der Waals surface area contributed by atoms with Crippen LogP contribution in [0.5, 0.6) is 11.5 Å². The molecule has 0 spiro atoms. The molecule has 0 radical (unpaired) electrons. The topological polar surface area (TPSA) is 72.8 Å². The van der Waals surface area contributed by atoms with Gasteiger partial charge in [0.05, 0.1) is 18.2 Å². The molecule has 2 aromatic rings. The van der Waals surface area contributed by atoms with Crippen LogP contribution >= 0.6 is 0 Å². The van der Waals surface area contributed by atoms with Crippen LogP contribution in [-0.4, -0.2) is 24.0 Å². The first kappa shape index (κ1) is 16.5. The third kappa shape index (κ3) is 3.69. The molecule has 0 aliphatic rings. The fraction of sp³-hybridized carbons (Fsp3) is 0.222. The Hall–Kier alpha value is -2.82. The Morgan fingerprint density at radius 1 is 1.09 bits per heavy atom. The first-order valence-corrected chi connectivity index (χ1v) is 7.22. The van der Waals surface area contributed by atoms with Gasteiger partial charge in [0.2, 0.25) is 0 Å². The Balaban J connectivity index is 2.38. The normalized spacial score (nSPS) is 10.2. The fourth-order valence-corrected chi connectivity index (χ4v) is 2.13. The van der Waals surface area contributed by atoms with Crippen molar-refractivity contribution in [3.63, 3.8) is 0 Å². The largest absolute Gasteiger partial charge is 0.507 e. The lowest BCUT2D eigenvalue weighted by atomic mass is 9.99. The monoisotopic (exact) mass is 314 g/mol. The highest BCUT2D eigenvalue weighted by molar-refractivity contribution is 6.11. The third-order valence-electron chi connectivity index (χ3n) is 3.41. The predicted molar refractivity (Wildman–Crippen MR) is 84.6 cm³/mol. The maximum absolute atomic E-state index is 12.5. The average molecular weight is 314 g/mol. The molecule has 0 saturated heterocycles. The number of rotatable bonds is 6. The molecular weight excluding hydrogens is 296 g/mol. The molecule has 23 heavy (non-hydrogen) atoms. The zero-order valence-corrected chi connectivity index (χ0v) is 13.0. The van der Waals surface area contributed by atoms with E-state index >= 15 is 0 Å². The minimum absolute atomic E-state index is 0.138. The van der Waals surface area contributed by atoms with Gasteiger partial charge >= 0.3 is 5.97 Å². The van der Waals surface area contributed by atoms with E-state index in [4.69, 9.17) is 9.47 Å². The standard InChI is InChI=1S/C18H18O5/c1-3-16(19)23-11-14-15(22-2)10-9-13(18(14)21)17(20)12-7-5-4-6-8-12/h4-10,21H,3,11H2,1-2H3. The number of ether oxygens (including phenoxy) is 2. The SMILES string of the molecule is CCC(=O)OCc1c(OC)ccc(C(=O)c2ccccc2)c1O. The van der Waals surface area contributed by atoms with Crippen molar-refractivity contribution in [2.45, 2.75) is 20.0 Å². The molecule has 0 saturated carbocycles. The number of carbonyl (C=O) groups is 2. The van der Waals surface area contributed by atoms with Gasteiger partial charge in [0, 0.05) is 12.0 Å². The first-order chi connectivity index (χ1) is 11.1. The highest BCUT2D eigenvalue weighted by Gasteiger charge is 2.20. The molecule has 0 bridgehead atoms. The van der Waals surface area contributed by atoms with Crippen molar-refractivity contribution < 1.29 is 24.2 Å². The number of phenols is 1. The van der Waals surface area contributed by atoms with Crippen LogP contribution in [0.2, 0.25) is 0 Å². The van der Waals surface area contributed by atoms with E-state index in [0.717, 1.165) is 0 Å². The Kier molecular flexibility index (Phi) is 5.36. The fourth-order valence-electron chi connectivity index (χ4n) is 2.13. The number of esters is 1. The van der Waals surface area contributed by atoms with Gasteiger partial charge < -0.3 is 14.6 Å². The molecule has 0 atom stereocenters. The lowest BCUT2D eigenvalue weighted by molar-refractivity contribution is -0.144. The van der Waals surface area contributed by atoms with E-state index in [9.17, 15) is 14.7 Å². The van der Waals surface area contributed by atoms with Gasteiger partial charge in [-0.1, -0.05) is 37.3 Å². The summed E-state index contributed by atoms with van der Waals surface area (Å²) in [5.74, 6) is -0.585. The van der Waals surface area contributed by atoms with E-state index in [1.54, 1.807) is 43.3 Å². The van der Waals surface area contributed by atoms with Crippen LogP contribution in [0.15, 0.2) is 42.5 Å². The molecule has 5 nitrogen and oxygen atoms in total. The molecule has 0 amide bonds. The van der Waals surface area contributed by atoms with Crippen LogP contribution in [0.1, 0.15) is 34.8 Å². The van der Waals surface area contributed by atoms with E-state index in [1.165, 1.54) is 13.2 Å². The molecule has 0 aliphatic carbocycles. The summed E-state index contributed by atoms with van der Waals surface area (Å²) in [4.78, 5) is 23.8. The summed E-state index contributed by atoms with van der Waals surface area (Å²) in [6.45, 7) is 1.52.